The molecule has 2 aromatic carbocycles. The number of aromatic nitrogens is 2. The van der Waals surface area contributed by atoms with Crippen molar-refractivity contribution in [3.63, 3.8) is 0 Å². The van der Waals surface area contributed by atoms with Gasteiger partial charge in [0.1, 0.15) is 16.2 Å². The number of rotatable bonds is 7. The fourth-order valence-electron chi connectivity index (χ4n) is 3.56. The van der Waals surface area contributed by atoms with Gasteiger partial charge in [-0.15, -0.1) is 11.3 Å². The molecule has 0 spiro atoms. The van der Waals surface area contributed by atoms with Crippen molar-refractivity contribution in [2.24, 2.45) is 0 Å². The number of thiophene rings is 1. The van der Waals surface area contributed by atoms with Crippen molar-refractivity contribution >= 4 is 44.9 Å². The number of aryl methyl sites for hydroxylation is 3. The second kappa shape index (κ2) is 9.84. The number of thioether (sulfide) groups is 1. The van der Waals surface area contributed by atoms with E-state index in [-0.39, 0.29) is 11.2 Å². The Morgan fingerprint density at radius 2 is 1.84 bits per heavy atom. The van der Waals surface area contributed by atoms with Gasteiger partial charge < -0.3 is 5.32 Å². The molecule has 0 saturated heterocycles. The van der Waals surface area contributed by atoms with Crippen LogP contribution in [0.2, 0.25) is 0 Å². The maximum Gasteiger partial charge on any atom is 0.237 e. The van der Waals surface area contributed by atoms with Gasteiger partial charge in [-0.25, -0.2) is 9.97 Å². The average molecular weight is 462 g/mol. The van der Waals surface area contributed by atoms with E-state index in [1.54, 1.807) is 17.7 Å². The summed E-state index contributed by atoms with van der Waals surface area (Å²) in [6.07, 6.45) is 3.28. The highest BCUT2D eigenvalue weighted by Crippen LogP contribution is 2.40. The second-order valence-corrected chi connectivity index (χ2v) is 9.91. The molecule has 2 aromatic heterocycles. The molecule has 32 heavy (non-hydrogen) atoms. The number of anilines is 1. The van der Waals surface area contributed by atoms with Crippen molar-refractivity contribution < 1.29 is 4.79 Å². The molecule has 6 heteroatoms. The van der Waals surface area contributed by atoms with Crippen LogP contribution in [0.4, 0.5) is 5.69 Å². The normalized spacial score (nSPS) is 12.1. The van der Waals surface area contributed by atoms with E-state index in [0.29, 0.717) is 6.42 Å². The number of hydrogen-bond acceptors (Lipinski definition) is 5. The minimum atomic E-state index is -0.244. The number of fused-ring (bicyclic) bond motifs is 1. The minimum Gasteiger partial charge on any atom is -0.325 e. The van der Waals surface area contributed by atoms with Gasteiger partial charge in [-0.1, -0.05) is 55.9 Å². The van der Waals surface area contributed by atoms with Gasteiger partial charge in [-0.05, 0) is 61.1 Å². The van der Waals surface area contributed by atoms with Crippen LogP contribution in [0.25, 0.3) is 21.3 Å². The van der Waals surface area contributed by atoms with Crippen molar-refractivity contribution in [2.75, 3.05) is 5.32 Å². The van der Waals surface area contributed by atoms with E-state index in [9.17, 15) is 4.79 Å². The third-order valence-electron chi connectivity index (χ3n) is 5.70. The van der Waals surface area contributed by atoms with Gasteiger partial charge in [-0.2, -0.15) is 0 Å². The van der Waals surface area contributed by atoms with Crippen molar-refractivity contribution in [1.29, 1.82) is 0 Å². The van der Waals surface area contributed by atoms with Gasteiger partial charge in [0.05, 0.1) is 10.6 Å². The molecule has 1 N–H and O–H groups in total. The molecular formula is C26H27N3OS2. The van der Waals surface area contributed by atoms with Crippen molar-refractivity contribution in [1.82, 2.24) is 9.97 Å². The van der Waals surface area contributed by atoms with Crippen LogP contribution in [0.5, 0.6) is 0 Å². The Hall–Kier alpha value is -2.70. The number of carbonyl (C=O) groups is 1. The van der Waals surface area contributed by atoms with Crippen LogP contribution < -0.4 is 5.32 Å². The molecule has 1 amide bonds. The van der Waals surface area contributed by atoms with E-state index in [1.807, 2.05) is 19.1 Å². The average Bonchev–Trinajstić information content (AvgIpc) is 3.24. The lowest BCUT2D eigenvalue weighted by atomic mass is 10.0. The maximum atomic E-state index is 13.0. The Morgan fingerprint density at radius 3 is 2.53 bits per heavy atom. The fraction of sp³-hybridized carbons (Fsp3) is 0.269. The highest BCUT2D eigenvalue weighted by Gasteiger charge is 2.22. The van der Waals surface area contributed by atoms with E-state index in [2.05, 4.69) is 71.8 Å². The summed E-state index contributed by atoms with van der Waals surface area (Å²) in [5.74, 6) is -0.00327. The zero-order valence-corrected chi connectivity index (χ0v) is 20.4. The van der Waals surface area contributed by atoms with Crippen LogP contribution in [0, 0.1) is 13.8 Å². The highest BCUT2D eigenvalue weighted by molar-refractivity contribution is 8.00. The molecule has 4 rings (SSSR count). The fourth-order valence-corrected chi connectivity index (χ4v) is 5.58. The molecule has 0 bridgehead atoms. The molecule has 0 aliphatic heterocycles. The van der Waals surface area contributed by atoms with E-state index in [0.717, 1.165) is 38.5 Å². The minimum absolute atomic E-state index is 0.00327. The van der Waals surface area contributed by atoms with Crippen molar-refractivity contribution in [3.05, 3.63) is 70.9 Å². The van der Waals surface area contributed by atoms with Crippen LogP contribution in [0.1, 0.15) is 37.0 Å². The topological polar surface area (TPSA) is 54.9 Å². The number of hydrogen-bond donors (Lipinski definition) is 1. The van der Waals surface area contributed by atoms with Crippen LogP contribution in [-0.2, 0) is 11.2 Å². The first kappa shape index (κ1) is 22.5. The van der Waals surface area contributed by atoms with Gasteiger partial charge in [0.2, 0.25) is 5.91 Å². The number of benzene rings is 2. The number of nitrogens with one attached hydrogen (secondary N) is 1. The smallest absolute Gasteiger partial charge is 0.237 e. The Morgan fingerprint density at radius 1 is 1.06 bits per heavy atom. The van der Waals surface area contributed by atoms with Gasteiger partial charge in [0, 0.05) is 16.6 Å². The molecule has 164 valence electrons. The number of amides is 1. The molecular weight excluding hydrogens is 434 g/mol. The van der Waals surface area contributed by atoms with Gasteiger partial charge in [0.25, 0.3) is 0 Å². The molecule has 0 radical (unpaired) electrons. The summed E-state index contributed by atoms with van der Waals surface area (Å²) in [5.41, 5.74) is 6.89. The Labute approximate surface area is 197 Å². The highest BCUT2D eigenvalue weighted by atomic mass is 32.2. The Kier molecular flexibility index (Phi) is 6.92. The molecule has 0 fully saturated rings. The second-order valence-electron chi connectivity index (χ2n) is 7.86. The quantitative estimate of drug-likeness (QED) is 0.237. The lowest BCUT2D eigenvalue weighted by Crippen LogP contribution is -2.24. The zero-order valence-electron chi connectivity index (χ0n) is 18.8. The van der Waals surface area contributed by atoms with Gasteiger partial charge in [0.15, 0.2) is 0 Å². The molecule has 4 aromatic rings. The molecule has 1 atom stereocenters. The molecule has 2 heterocycles. The zero-order chi connectivity index (χ0) is 22.7. The summed E-state index contributed by atoms with van der Waals surface area (Å²) in [6.45, 7) is 8.41. The number of carbonyl (C=O) groups excluding carboxylic acids is 1. The third-order valence-corrected chi connectivity index (χ3v) is 7.95. The van der Waals surface area contributed by atoms with Crippen LogP contribution in [0.15, 0.2) is 59.2 Å². The van der Waals surface area contributed by atoms with Crippen molar-refractivity contribution in [2.45, 2.75) is 50.8 Å². The van der Waals surface area contributed by atoms with E-state index in [1.165, 1.54) is 28.5 Å². The van der Waals surface area contributed by atoms with E-state index >= 15 is 0 Å². The summed E-state index contributed by atoms with van der Waals surface area (Å²) in [6, 6.07) is 14.5. The largest absolute Gasteiger partial charge is 0.325 e. The lowest BCUT2D eigenvalue weighted by Gasteiger charge is -2.15. The summed E-state index contributed by atoms with van der Waals surface area (Å²) < 4.78 is 0. The Bertz CT molecular complexity index is 1250. The molecule has 0 aliphatic rings. The first-order valence-corrected chi connectivity index (χ1v) is 12.6. The van der Waals surface area contributed by atoms with Crippen LogP contribution >= 0.6 is 23.1 Å². The first-order valence-electron chi connectivity index (χ1n) is 10.9. The molecule has 1 unspecified atom stereocenters. The van der Waals surface area contributed by atoms with Crippen LogP contribution in [-0.4, -0.2) is 21.1 Å². The first-order chi connectivity index (χ1) is 15.5. The van der Waals surface area contributed by atoms with E-state index < -0.39 is 0 Å². The van der Waals surface area contributed by atoms with Crippen molar-refractivity contribution in [3.8, 4) is 11.1 Å². The number of nitrogens with zero attached hydrogens (tertiary/aromatic N) is 2. The molecule has 0 aliphatic carbocycles. The molecule has 0 saturated carbocycles. The monoisotopic (exact) mass is 461 g/mol. The molecule has 4 nitrogen and oxygen atoms in total. The lowest BCUT2D eigenvalue weighted by molar-refractivity contribution is -0.115. The van der Waals surface area contributed by atoms with Gasteiger partial charge in [-0.3, -0.25) is 4.79 Å². The van der Waals surface area contributed by atoms with Gasteiger partial charge >= 0.3 is 0 Å². The predicted octanol–water partition coefficient (Wildman–Crippen LogP) is 7.05. The van der Waals surface area contributed by atoms with Crippen LogP contribution in [0.3, 0.4) is 0 Å². The predicted molar refractivity (Wildman–Crippen MR) is 137 cm³/mol. The summed E-state index contributed by atoms with van der Waals surface area (Å²) >= 11 is 3.13. The van der Waals surface area contributed by atoms with E-state index in [4.69, 9.17) is 0 Å². The summed E-state index contributed by atoms with van der Waals surface area (Å²) in [4.78, 5) is 23.1. The summed E-state index contributed by atoms with van der Waals surface area (Å²) in [7, 11) is 0. The standard InChI is InChI=1S/C26H27N3OS2/c1-5-18-8-11-20(12-9-18)29-24(30)22(6-2)32-26-23-21(14-31-25(23)27-15-28-26)19-10-7-16(3)17(4)13-19/h7-15,22H,5-6H2,1-4H3,(H,29,30). The maximum absolute atomic E-state index is 13.0. The Balaban J connectivity index is 1.62. The third kappa shape index (κ3) is 4.71. The summed E-state index contributed by atoms with van der Waals surface area (Å²) in [5, 5.41) is 6.85. The SMILES string of the molecule is CCc1ccc(NC(=O)C(CC)Sc2ncnc3scc(-c4ccc(C)c(C)c4)c23)cc1.